The van der Waals surface area contributed by atoms with Gasteiger partial charge in [-0.25, -0.2) is 5.10 Å². The highest BCUT2D eigenvalue weighted by Gasteiger charge is 2.24. The molecule has 1 fully saturated rings. The molecule has 1 aromatic rings. The summed E-state index contributed by atoms with van der Waals surface area (Å²) in [7, 11) is 0. The molecule has 0 aromatic carbocycles. The van der Waals surface area contributed by atoms with E-state index in [9.17, 15) is 14.4 Å². The van der Waals surface area contributed by atoms with E-state index in [0.29, 0.717) is 32.6 Å². The predicted molar refractivity (Wildman–Crippen MR) is 67.6 cm³/mol. The summed E-state index contributed by atoms with van der Waals surface area (Å²) in [5.41, 5.74) is -0.121. The Kier molecular flexibility index (Phi) is 3.94. The van der Waals surface area contributed by atoms with Gasteiger partial charge in [0.1, 0.15) is 5.69 Å². The fraction of sp³-hybridized carbons (Fsp3) is 0.500. The van der Waals surface area contributed by atoms with Crippen LogP contribution in [0.1, 0.15) is 23.8 Å². The Morgan fingerprint density at radius 2 is 1.84 bits per heavy atom. The van der Waals surface area contributed by atoms with Crippen molar-refractivity contribution in [2.45, 2.75) is 13.3 Å². The molecule has 0 spiro atoms. The average Bonchev–Trinajstić information content (AvgIpc) is 2.46. The van der Waals surface area contributed by atoms with Gasteiger partial charge in [0.25, 0.3) is 11.5 Å². The second-order valence-electron chi connectivity index (χ2n) is 4.33. The van der Waals surface area contributed by atoms with Crippen molar-refractivity contribution >= 4 is 11.8 Å². The lowest BCUT2D eigenvalue weighted by Gasteiger charge is -2.34. The summed E-state index contributed by atoms with van der Waals surface area (Å²) in [6.45, 7) is 3.89. The Morgan fingerprint density at radius 3 is 2.37 bits per heavy atom. The number of rotatable bonds is 2. The van der Waals surface area contributed by atoms with Gasteiger partial charge in [-0.05, 0) is 6.07 Å². The molecule has 2 rings (SSSR count). The number of carbonyl (C=O) groups is 2. The zero-order valence-corrected chi connectivity index (χ0v) is 10.8. The molecule has 0 aliphatic carbocycles. The number of aromatic nitrogens is 2. The van der Waals surface area contributed by atoms with Crippen molar-refractivity contribution in [2.24, 2.45) is 0 Å². The van der Waals surface area contributed by atoms with Gasteiger partial charge in [0.2, 0.25) is 5.91 Å². The molecule has 0 atom stereocenters. The van der Waals surface area contributed by atoms with Crippen LogP contribution in [-0.2, 0) is 4.79 Å². The second-order valence-corrected chi connectivity index (χ2v) is 4.33. The van der Waals surface area contributed by atoms with Crippen molar-refractivity contribution < 1.29 is 9.59 Å². The summed E-state index contributed by atoms with van der Waals surface area (Å²) in [4.78, 5) is 37.9. The number of nitrogens with one attached hydrogen (secondary N) is 1. The molecule has 19 heavy (non-hydrogen) atoms. The van der Waals surface area contributed by atoms with Crippen molar-refractivity contribution in [3.8, 4) is 0 Å². The predicted octanol–water partition coefficient (Wildman–Crippen LogP) is -0.536. The number of nitrogens with zero attached hydrogens (tertiary/aromatic N) is 3. The van der Waals surface area contributed by atoms with E-state index in [1.54, 1.807) is 9.80 Å². The maximum Gasteiger partial charge on any atom is 0.274 e. The molecule has 7 heteroatoms. The fourth-order valence-corrected chi connectivity index (χ4v) is 2.01. The standard InChI is InChI=1S/C12H16N4O3/c1-2-11(18)15-5-7-16(8-6-15)12(19)9-3-4-10(17)14-13-9/h3-4H,2,5-8H2,1H3,(H,14,17). The van der Waals surface area contributed by atoms with Gasteiger partial charge in [0.05, 0.1) is 0 Å². The van der Waals surface area contributed by atoms with Crippen LogP contribution in [0.4, 0.5) is 0 Å². The molecule has 1 saturated heterocycles. The number of aromatic amines is 1. The molecule has 102 valence electrons. The zero-order chi connectivity index (χ0) is 13.8. The molecule has 1 aliphatic rings. The molecule has 0 radical (unpaired) electrons. The van der Waals surface area contributed by atoms with Crippen molar-refractivity contribution in [2.75, 3.05) is 26.2 Å². The van der Waals surface area contributed by atoms with Crippen LogP contribution in [0.3, 0.4) is 0 Å². The normalized spacial score (nSPS) is 15.4. The first-order valence-electron chi connectivity index (χ1n) is 6.24. The summed E-state index contributed by atoms with van der Waals surface area (Å²) in [6, 6.07) is 2.68. The zero-order valence-electron chi connectivity index (χ0n) is 10.8. The molecule has 1 aromatic heterocycles. The van der Waals surface area contributed by atoms with E-state index >= 15 is 0 Å². The number of amides is 2. The van der Waals surface area contributed by atoms with Crippen LogP contribution in [0.2, 0.25) is 0 Å². The smallest absolute Gasteiger partial charge is 0.274 e. The molecular formula is C12H16N4O3. The van der Waals surface area contributed by atoms with Crippen LogP contribution < -0.4 is 5.56 Å². The van der Waals surface area contributed by atoms with Crippen molar-refractivity contribution in [1.82, 2.24) is 20.0 Å². The number of piperazine rings is 1. The lowest BCUT2D eigenvalue weighted by molar-refractivity contribution is -0.132. The van der Waals surface area contributed by atoms with Gasteiger partial charge in [0.15, 0.2) is 0 Å². The Bertz CT molecular complexity index is 512. The van der Waals surface area contributed by atoms with Crippen LogP contribution in [0, 0.1) is 0 Å². The monoisotopic (exact) mass is 264 g/mol. The molecule has 0 bridgehead atoms. The molecule has 0 saturated carbocycles. The van der Waals surface area contributed by atoms with Crippen LogP contribution in [-0.4, -0.2) is 58.0 Å². The summed E-state index contributed by atoms with van der Waals surface area (Å²) in [6.07, 6.45) is 0.482. The van der Waals surface area contributed by atoms with E-state index in [-0.39, 0.29) is 23.1 Å². The van der Waals surface area contributed by atoms with E-state index in [0.717, 1.165) is 0 Å². The number of carbonyl (C=O) groups excluding carboxylic acids is 2. The molecular weight excluding hydrogens is 248 g/mol. The second kappa shape index (κ2) is 5.64. The fourth-order valence-electron chi connectivity index (χ4n) is 2.01. The summed E-state index contributed by atoms with van der Waals surface area (Å²) >= 11 is 0. The SMILES string of the molecule is CCC(=O)N1CCN(C(=O)c2ccc(=O)[nH]n2)CC1. The highest BCUT2D eigenvalue weighted by atomic mass is 16.2. The first-order valence-corrected chi connectivity index (χ1v) is 6.24. The molecule has 1 aliphatic heterocycles. The van der Waals surface area contributed by atoms with Crippen molar-refractivity contribution in [3.63, 3.8) is 0 Å². The number of H-pyrrole nitrogens is 1. The minimum Gasteiger partial charge on any atom is -0.339 e. The van der Waals surface area contributed by atoms with Gasteiger partial charge in [-0.15, -0.1) is 0 Å². The summed E-state index contributed by atoms with van der Waals surface area (Å²) < 4.78 is 0. The molecule has 7 nitrogen and oxygen atoms in total. The van der Waals surface area contributed by atoms with Crippen LogP contribution >= 0.6 is 0 Å². The topological polar surface area (TPSA) is 86.4 Å². The third kappa shape index (κ3) is 2.98. The third-order valence-corrected chi connectivity index (χ3v) is 3.12. The van der Waals surface area contributed by atoms with E-state index in [4.69, 9.17) is 0 Å². The Hall–Kier alpha value is -2.18. The highest BCUT2D eigenvalue weighted by molar-refractivity contribution is 5.92. The van der Waals surface area contributed by atoms with Gasteiger partial charge in [-0.1, -0.05) is 6.92 Å². The van der Waals surface area contributed by atoms with Gasteiger partial charge >= 0.3 is 0 Å². The minimum absolute atomic E-state index is 0.106. The molecule has 1 N–H and O–H groups in total. The van der Waals surface area contributed by atoms with Crippen LogP contribution in [0.15, 0.2) is 16.9 Å². The van der Waals surface area contributed by atoms with E-state index in [1.165, 1.54) is 12.1 Å². The quantitative estimate of drug-likeness (QED) is 0.777. The largest absolute Gasteiger partial charge is 0.339 e. The highest BCUT2D eigenvalue weighted by Crippen LogP contribution is 2.07. The van der Waals surface area contributed by atoms with Gasteiger partial charge < -0.3 is 9.80 Å². The van der Waals surface area contributed by atoms with Gasteiger partial charge in [-0.3, -0.25) is 14.4 Å². The molecule has 2 heterocycles. The van der Waals surface area contributed by atoms with E-state index < -0.39 is 0 Å². The Morgan fingerprint density at radius 1 is 1.21 bits per heavy atom. The number of hydrogen-bond donors (Lipinski definition) is 1. The number of hydrogen-bond acceptors (Lipinski definition) is 4. The molecule has 0 unspecified atom stereocenters. The lowest BCUT2D eigenvalue weighted by atomic mass is 10.2. The first-order chi connectivity index (χ1) is 9.11. The minimum atomic E-state index is -0.338. The van der Waals surface area contributed by atoms with Gasteiger partial charge in [-0.2, -0.15) is 5.10 Å². The average molecular weight is 264 g/mol. The maximum atomic E-state index is 12.1. The van der Waals surface area contributed by atoms with Crippen molar-refractivity contribution in [1.29, 1.82) is 0 Å². The van der Waals surface area contributed by atoms with Crippen LogP contribution in [0.5, 0.6) is 0 Å². The van der Waals surface area contributed by atoms with Crippen molar-refractivity contribution in [3.05, 3.63) is 28.2 Å². The Balaban J connectivity index is 1.98. The van der Waals surface area contributed by atoms with E-state index in [1.807, 2.05) is 6.92 Å². The first kappa shape index (κ1) is 13.3. The van der Waals surface area contributed by atoms with Crippen LogP contribution in [0.25, 0.3) is 0 Å². The third-order valence-electron chi connectivity index (χ3n) is 3.12. The molecule has 2 amide bonds. The summed E-state index contributed by atoms with van der Waals surface area (Å²) in [5.74, 6) is -0.117. The van der Waals surface area contributed by atoms with E-state index in [2.05, 4.69) is 10.2 Å². The maximum absolute atomic E-state index is 12.1. The summed E-state index contributed by atoms with van der Waals surface area (Å²) in [5, 5.41) is 5.95. The lowest BCUT2D eigenvalue weighted by Crippen LogP contribution is -2.50. The van der Waals surface area contributed by atoms with Gasteiger partial charge in [0, 0.05) is 38.7 Å². The Labute approximate surface area is 110 Å².